The molecule has 122 valence electrons. The SMILES string of the molecule is CCOc1c[n+](C(=C=[N-])C#N)ccc1CS(=O)(=O)c1ccccc1. The highest BCUT2D eigenvalue weighted by Gasteiger charge is 2.21. The van der Waals surface area contributed by atoms with Crippen LogP contribution >= 0.6 is 0 Å². The molecule has 0 atom stereocenters. The quantitative estimate of drug-likeness (QED) is 0.456. The van der Waals surface area contributed by atoms with Crippen molar-refractivity contribution in [3.05, 3.63) is 59.8 Å². The van der Waals surface area contributed by atoms with E-state index in [-0.39, 0.29) is 16.3 Å². The van der Waals surface area contributed by atoms with E-state index in [1.807, 2.05) is 0 Å². The van der Waals surface area contributed by atoms with Gasteiger partial charge in [-0.15, -0.1) is 4.57 Å². The molecule has 1 aromatic heterocycles. The van der Waals surface area contributed by atoms with E-state index in [0.717, 1.165) is 0 Å². The molecule has 0 spiro atoms. The minimum absolute atomic E-state index is 0.131. The summed E-state index contributed by atoms with van der Waals surface area (Å²) in [5.74, 6) is 1.86. The number of rotatable bonds is 6. The molecule has 0 N–H and O–H groups in total. The van der Waals surface area contributed by atoms with Crippen LogP contribution in [-0.2, 0) is 15.6 Å². The Morgan fingerprint density at radius 3 is 2.58 bits per heavy atom. The summed E-state index contributed by atoms with van der Waals surface area (Å²) < 4.78 is 31.8. The second-order valence-corrected chi connectivity index (χ2v) is 6.81. The highest BCUT2D eigenvalue weighted by Crippen LogP contribution is 2.23. The maximum atomic E-state index is 12.5. The number of nitriles is 1. The van der Waals surface area contributed by atoms with Gasteiger partial charge in [0.05, 0.1) is 17.3 Å². The van der Waals surface area contributed by atoms with Gasteiger partial charge < -0.3 is 10.1 Å². The highest BCUT2D eigenvalue weighted by atomic mass is 32.2. The first-order chi connectivity index (χ1) is 11.5. The third-order valence-electron chi connectivity index (χ3n) is 3.23. The van der Waals surface area contributed by atoms with Gasteiger partial charge in [0.25, 0.3) is 0 Å². The maximum Gasteiger partial charge on any atom is 0.309 e. The second kappa shape index (κ2) is 7.55. The molecule has 0 radical (unpaired) electrons. The van der Waals surface area contributed by atoms with Gasteiger partial charge in [-0.05, 0) is 19.1 Å². The molecule has 24 heavy (non-hydrogen) atoms. The van der Waals surface area contributed by atoms with Crippen molar-refractivity contribution in [1.82, 2.24) is 0 Å². The number of hydrogen-bond acceptors (Lipinski definition) is 4. The molecule has 1 aromatic carbocycles. The van der Waals surface area contributed by atoms with Crippen LogP contribution in [0.4, 0.5) is 0 Å². The van der Waals surface area contributed by atoms with Crippen LogP contribution in [0.15, 0.2) is 53.7 Å². The van der Waals surface area contributed by atoms with Gasteiger partial charge >= 0.3 is 5.70 Å². The molecular formula is C17H15N3O3S. The molecular weight excluding hydrogens is 326 g/mol. The highest BCUT2D eigenvalue weighted by molar-refractivity contribution is 7.90. The predicted molar refractivity (Wildman–Crippen MR) is 88.8 cm³/mol. The fraction of sp³-hybridized carbons (Fsp3) is 0.176. The van der Waals surface area contributed by atoms with E-state index in [2.05, 4.69) is 0 Å². The molecule has 6 nitrogen and oxygen atoms in total. The monoisotopic (exact) mass is 341 g/mol. The van der Waals surface area contributed by atoms with E-state index < -0.39 is 9.84 Å². The van der Waals surface area contributed by atoms with Gasteiger partial charge in [0.1, 0.15) is 0 Å². The number of benzene rings is 1. The van der Waals surface area contributed by atoms with E-state index >= 15 is 0 Å². The zero-order valence-electron chi connectivity index (χ0n) is 13.0. The molecule has 0 saturated heterocycles. The lowest BCUT2D eigenvalue weighted by Crippen LogP contribution is -2.31. The topological polar surface area (TPSA) is 93.3 Å². The van der Waals surface area contributed by atoms with Crippen LogP contribution in [0.25, 0.3) is 11.1 Å². The van der Waals surface area contributed by atoms with Crippen LogP contribution in [0.5, 0.6) is 5.75 Å². The van der Waals surface area contributed by atoms with Gasteiger partial charge in [0.2, 0.25) is 6.20 Å². The number of allylic oxidation sites excluding steroid dienone is 1. The first-order valence-electron chi connectivity index (χ1n) is 7.14. The molecule has 0 unspecified atom stereocenters. The predicted octanol–water partition coefficient (Wildman–Crippen LogP) is 1.95. The number of sulfone groups is 1. The van der Waals surface area contributed by atoms with E-state index in [1.165, 1.54) is 29.1 Å². The lowest BCUT2D eigenvalue weighted by Gasteiger charge is -2.09. The van der Waals surface area contributed by atoms with Crippen LogP contribution < -0.4 is 9.30 Å². The van der Waals surface area contributed by atoms with Crippen molar-refractivity contribution < 1.29 is 17.7 Å². The number of ether oxygens (including phenoxy) is 1. The Morgan fingerprint density at radius 2 is 2.00 bits per heavy atom. The van der Waals surface area contributed by atoms with Crippen molar-refractivity contribution in [3.63, 3.8) is 0 Å². The van der Waals surface area contributed by atoms with E-state index in [0.29, 0.717) is 17.9 Å². The summed E-state index contributed by atoms with van der Waals surface area (Å²) >= 11 is 0. The first kappa shape index (κ1) is 17.4. The standard InChI is InChI=1S/C17H15N3O3S/c1-2-23-17-12-20(15(10-18)11-19)9-8-14(17)13-24(21,22)16-6-4-3-5-7-16/h3-9,12H,2,13H2,1H3. The molecule has 0 fully saturated rings. The Balaban J connectivity index is 2.44. The minimum atomic E-state index is -3.52. The molecule has 0 aliphatic rings. The van der Waals surface area contributed by atoms with Crippen molar-refractivity contribution in [2.45, 2.75) is 17.6 Å². The van der Waals surface area contributed by atoms with Crippen LogP contribution in [-0.4, -0.2) is 20.9 Å². The summed E-state index contributed by atoms with van der Waals surface area (Å²) in [4.78, 5) is 0.227. The fourth-order valence-corrected chi connectivity index (χ4v) is 3.49. The number of aromatic nitrogens is 1. The zero-order valence-corrected chi connectivity index (χ0v) is 13.8. The van der Waals surface area contributed by atoms with E-state index in [1.54, 1.807) is 43.1 Å². The third-order valence-corrected chi connectivity index (χ3v) is 4.91. The summed E-state index contributed by atoms with van der Waals surface area (Å²) in [6, 6.07) is 11.5. The number of pyridine rings is 1. The van der Waals surface area contributed by atoms with Crippen molar-refractivity contribution >= 4 is 21.4 Å². The molecule has 0 amide bonds. The maximum absolute atomic E-state index is 12.5. The van der Waals surface area contributed by atoms with Crippen molar-refractivity contribution in [1.29, 1.82) is 5.26 Å². The van der Waals surface area contributed by atoms with Crippen LogP contribution in [0.3, 0.4) is 0 Å². The molecule has 0 aliphatic carbocycles. The van der Waals surface area contributed by atoms with Gasteiger partial charge in [-0.3, -0.25) is 0 Å². The lowest BCUT2D eigenvalue weighted by molar-refractivity contribution is -0.576. The number of hydrogen-bond donors (Lipinski definition) is 0. The summed E-state index contributed by atoms with van der Waals surface area (Å²) in [7, 11) is -3.52. The zero-order chi connectivity index (χ0) is 17.6. The Kier molecular flexibility index (Phi) is 5.48. The normalized spacial score (nSPS) is 10.5. The first-order valence-corrected chi connectivity index (χ1v) is 8.79. The Hall–Kier alpha value is -2.94. The Labute approximate surface area is 140 Å². The molecule has 2 rings (SSSR count). The van der Waals surface area contributed by atoms with Crippen molar-refractivity contribution in [2.75, 3.05) is 6.61 Å². The van der Waals surface area contributed by atoms with Crippen LogP contribution in [0.2, 0.25) is 0 Å². The van der Waals surface area contributed by atoms with Crippen molar-refractivity contribution in [2.24, 2.45) is 0 Å². The van der Waals surface area contributed by atoms with Crippen LogP contribution in [0.1, 0.15) is 12.5 Å². The lowest BCUT2D eigenvalue weighted by atomic mass is 10.2. The molecule has 1 heterocycles. The van der Waals surface area contributed by atoms with Gasteiger partial charge in [0.15, 0.2) is 27.9 Å². The summed E-state index contributed by atoms with van der Waals surface area (Å²) in [5, 5.41) is 17.9. The molecule has 0 aliphatic heterocycles. The van der Waals surface area contributed by atoms with Crippen LogP contribution in [0, 0.1) is 11.3 Å². The van der Waals surface area contributed by atoms with E-state index in [4.69, 9.17) is 15.4 Å². The molecule has 0 bridgehead atoms. The average Bonchev–Trinajstić information content (AvgIpc) is 2.59. The molecule has 7 heteroatoms. The van der Waals surface area contributed by atoms with Crippen molar-refractivity contribution in [3.8, 4) is 11.8 Å². The minimum Gasteiger partial charge on any atom is -0.757 e. The van der Waals surface area contributed by atoms with Gasteiger partial charge in [-0.25, -0.2) is 8.42 Å². The summed E-state index contributed by atoms with van der Waals surface area (Å²) in [5.41, 5.74) is 0.334. The molecule has 2 aromatic rings. The van der Waals surface area contributed by atoms with Gasteiger partial charge in [-0.1, -0.05) is 18.2 Å². The molecule has 0 saturated carbocycles. The summed E-state index contributed by atoms with van der Waals surface area (Å²) in [6.45, 7) is 2.10. The number of nitrogens with zero attached hydrogens (tertiary/aromatic N) is 3. The van der Waals surface area contributed by atoms with Gasteiger partial charge in [-0.2, -0.15) is 11.1 Å². The Bertz CT molecular complexity index is 925. The smallest absolute Gasteiger partial charge is 0.309 e. The largest absolute Gasteiger partial charge is 0.757 e. The fourth-order valence-electron chi connectivity index (χ4n) is 2.10. The average molecular weight is 341 g/mol. The third kappa shape index (κ3) is 3.87. The second-order valence-electron chi connectivity index (χ2n) is 4.82. The van der Waals surface area contributed by atoms with E-state index in [9.17, 15) is 8.42 Å². The summed E-state index contributed by atoms with van der Waals surface area (Å²) in [6.07, 6.45) is 2.92. The van der Waals surface area contributed by atoms with Gasteiger partial charge in [0, 0.05) is 11.6 Å². The Morgan fingerprint density at radius 1 is 1.29 bits per heavy atom.